The summed E-state index contributed by atoms with van der Waals surface area (Å²) in [6.07, 6.45) is 5.22. The lowest BCUT2D eigenvalue weighted by Crippen LogP contribution is -2.44. The van der Waals surface area contributed by atoms with Crippen LogP contribution in [-0.2, 0) is 9.59 Å². The van der Waals surface area contributed by atoms with Crippen molar-refractivity contribution < 1.29 is 9.59 Å². The molecule has 5 atom stereocenters. The summed E-state index contributed by atoms with van der Waals surface area (Å²) in [6, 6.07) is 10.5. The van der Waals surface area contributed by atoms with E-state index in [1.165, 1.54) is 10.5 Å². The summed E-state index contributed by atoms with van der Waals surface area (Å²) in [6.45, 7) is 4.24. The highest BCUT2D eigenvalue weighted by Crippen LogP contribution is 2.52. The van der Waals surface area contributed by atoms with E-state index in [0.29, 0.717) is 25.6 Å². The number of carbonyl (C=O) groups excluding carboxylic acids is 2. The zero-order valence-electron chi connectivity index (χ0n) is 18.6. The van der Waals surface area contributed by atoms with Gasteiger partial charge < -0.3 is 15.5 Å². The molecule has 2 aliphatic carbocycles. The number of hydrogen-bond acceptors (Lipinski definition) is 4. The topological polar surface area (TPSA) is 77.0 Å². The van der Waals surface area contributed by atoms with Gasteiger partial charge in [-0.2, -0.15) is 0 Å². The molecule has 3 aliphatic rings. The molecular weight excluding hydrogens is 390 g/mol. The van der Waals surface area contributed by atoms with Crippen molar-refractivity contribution in [2.24, 2.45) is 28.7 Å². The van der Waals surface area contributed by atoms with E-state index < -0.39 is 0 Å². The minimum atomic E-state index is -0.129. The standard InChI is InChI=1S/C24H33N5O2/c1-4-25-24(27-15-19(28(2)3)16-8-6-5-7-9-16)26-12-13-29-22(30)20-17-10-11-18(14-17)21(20)23(29)31/h5-11,17-21H,4,12-15H2,1-3H3,(H2,25,26,27). The summed E-state index contributed by atoms with van der Waals surface area (Å²) < 4.78 is 0. The van der Waals surface area contributed by atoms with Gasteiger partial charge in [-0.05, 0) is 44.8 Å². The highest BCUT2D eigenvalue weighted by molar-refractivity contribution is 6.06. The third-order valence-electron chi connectivity index (χ3n) is 6.76. The molecule has 5 unspecified atom stereocenters. The molecule has 7 heteroatoms. The number of fused-ring (bicyclic) bond motifs is 5. The lowest BCUT2D eigenvalue weighted by atomic mass is 9.85. The van der Waals surface area contributed by atoms with Crippen LogP contribution in [0, 0.1) is 23.7 Å². The average Bonchev–Trinajstić information content (AvgIpc) is 3.44. The predicted octanol–water partition coefficient (Wildman–Crippen LogP) is 1.65. The summed E-state index contributed by atoms with van der Waals surface area (Å²) in [5.41, 5.74) is 1.22. The SMILES string of the molecule is CCNC(=NCC(c1ccccc1)N(C)C)NCCN1C(=O)C2C3C=CC(C3)C2C1=O. The molecule has 4 rings (SSSR count). The normalized spacial score (nSPS) is 27.9. The van der Waals surface area contributed by atoms with Crippen LogP contribution in [0.3, 0.4) is 0 Å². The van der Waals surface area contributed by atoms with Crippen molar-refractivity contribution in [3.63, 3.8) is 0 Å². The second kappa shape index (κ2) is 9.22. The Kier molecular flexibility index (Phi) is 6.41. The van der Waals surface area contributed by atoms with Crippen LogP contribution >= 0.6 is 0 Å². The van der Waals surface area contributed by atoms with Crippen LogP contribution in [0.4, 0.5) is 0 Å². The Morgan fingerprint density at radius 2 is 1.74 bits per heavy atom. The Balaban J connectivity index is 1.35. The van der Waals surface area contributed by atoms with Crippen LogP contribution in [0.15, 0.2) is 47.5 Å². The second-order valence-corrected chi connectivity index (χ2v) is 8.86. The largest absolute Gasteiger partial charge is 0.357 e. The Hall–Kier alpha value is -2.67. The van der Waals surface area contributed by atoms with Gasteiger partial charge in [0.15, 0.2) is 5.96 Å². The number of allylic oxidation sites excluding steroid dienone is 2. The first kappa shape index (κ1) is 21.6. The van der Waals surface area contributed by atoms with Gasteiger partial charge in [0.2, 0.25) is 11.8 Å². The smallest absolute Gasteiger partial charge is 0.233 e. The average molecular weight is 424 g/mol. The summed E-state index contributed by atoms with van der Waals surface area (Å²) in [7, 11) is 4.11. The molecule has 31 heavy (non-hydrogen) atoms. The van der Waals surface area contributed by atoms with Gasteiger partial charge in [0, 0.05) is 19.6 Å². The third-order valence-corrected chi connectivity index (χ3v) is 6.76. The number of hydrogen-bond donors (Lipinski definition) is 2. The lowest BCUT2D eigenvalue weighted by Gasteiger charge is -2.24. The third kappa shape index (κ3) is 4.24. The summed E-state index contributed by atoms with van der Waals surface area (Å²) in [5.74, 6) is 0.965. The maximum absolute atomic E-state index is 12.8. The molecule has 2 fully saturated rings. The number of aliphatic imine (C=N–C) groups is 1. The van der Waals surface area contributed by atoms with Gasteiger partial charge in [-0.3, -0.25) is 19.5 Å². The molecule has 2 bridgehead atoms. The molecular formula is C24H33N5O2. The molecule has 1 aromatic rings. The number of amides is 2. The number of likely N-dealkylation sites (tertiary alicyclic amines) is 1. The molecule has 2 amide bonds. The molecule has 2 N–H and O–H groups in total. The van der Waals surface area contributed by atoms with Crippen LogP contribution in [-0.4, -0.2) is 67.8 Å². The van der Waals surface area contributed by atoms with E-state index in [1.807, 2.05) is 25.1 Å². The maximum Gasteiger partial charge on any atom is 0.233 e. The van der Waals surface area contributed by atoms with Crippen LogP contribution in [0.25, 0.3) is 0 Å². The number of rotatable bonds is 8. The van der Waals surface area contributed by atoms with Gasteiger partial charge in [0.25, 0.3) is 0 Å². The highest BCUT2D eigenvalue weighted by atomic mass is 16.2. The van der Waals surface area contributed by atoms with Crippen LogP contribution < -0.4 is 10.6 Å². The molecule has 166 valence electrons. The predicted molar refractivity (Wildman–Crippen MR) is 121 cm³/mol. The van der Waals surface area contributed by atoms with E-state index in [9.17, 15) is 9.59 Å². The van der Waals surface area contributed by atoms with Crippen molar-refractivity contribution >= 4 is 17.8 Å². The highest BCUT2D eigenvalue weighted by Gasteiger charge is 2.58. The maximum atomic E-state index is 12.8. The summed E-state index contributed by atoms with van der Waals surface area (Å²) in [5, 5.41) is 6.56. The Labute approximate surface area is 184 Å². The Morgan fingerprint density at radius 3 is 2.32 bits per heavy atom. The van der Waals surface area contributed by atoms with Crippen molar-refractivity contribution in [1.82, 2.24) is 20.4 Å². The van der Waals surface area contributed by atoms with Crippen LogP contribution in [0.2, 0.25) is 0 Å². The fourth-order valence-electron chi connectivity index (χ4n) is 5.23. The molecule has 1 saturated heterocycles. The Morgan fingerprint density at radius 1 is 1.10 bits per heavy atom. The van der Waals surface area contributed by atoms with E-state index in [2.05, 4.69) is 53.9 Å². The monoisotopic (exact) mass is 423 g/mol. The van der Waals surface area contributed by atoms with Gasteiger partial charge in [0.05, 0.1) is 24.4 Å². The number of nitrogens with zero attached hydrogens (tertiary/aromatic N) is 3. The van der Waals surface area contributed by atoms with Gasteiger partial charge in [0.1, 0.15) is 0 Å². The van der Waals surface area contributed by atoms with Gasteiger partial charge >= 0.3 is 0 Å². The van der Waals surface area contributed by atoms with E-state index in [4.69, 9.17) is 4.99 Å². The second-order valence-electron chi connectivity index (χ2n) is 8.86. The fraction of sp³-hybridized carbons (Fsp3) is 0.542. The number of carbonyl (C=O) groups is 2. The molecule has 1 saturated carbocycles. The molecule has 0 spiro atoms. The number of imide groups is 1. The molecule has 7 nitrogen and oxygen atoms in total. The molecule has 1 heterocycles. The zero-order chi connectivity index (χ0) is 22.0. The van der Waals surface area contributed by atoms with Crippen LogP contribution in [0.5, 0.6) is 0 Å². The van der Waals surface area contributed by atoms with Gasteiger partial charge in [-0.1, -0.05) is 42.5 Å². The summed E-state index contributed by atoms with van der Waals surface area (Å²) in [4.78, 5) is 34.0. The van der Waals surface area contributed by atoms with E-state index in [-0.39, 0.29) is 41.5 Å². The first-order valence-corrected chi connectivity index (χ1v) is 11.3. The Bertz CT molecular complexity index is 836. The van der Waals surface area contributed by atoms with E-state index in [1.54, 1.807) is 0 Å². The van der Waals surface area contributed by atoms with Crippen LogP contribution in [0.1, 0.15) is 24.9 Å². The molecule has 1 aromatic carbocycles. The van der Waals surface area contributed by atoms with Crippen molar-refractivity contribution in [1.29, 1.82) is 0 Å². The summed E-state index contributed by atoms with van der Waals surface area (Å²) >= 11 is 0. The first-order chi connectivity index (χ1) is 15.0. The minimum Gasteiger partial charge on any atom is -0.357 e. The van der Waals surface area contributed by atoms with Gasteiger partial charge in [-0.25, -0.2) is 0 Å². The number of guanidine groups is 1. The number of nitrogens with one attached hydrogen (secondary N) is 2. The van der Waals surface area contributed by atoms with Crippen molar-refractivity contribution in [3.05, 3.63) is 48.0 Å². The molecule has 0 radical (unpaired) electrons. The van der Waals surface area contributed by atoms with Crippen molar-refractivity contribution in [2.45, 2.75) is 19.4 Å². The van der Waals surface area contributed by atoms with E-state index in [0.717, 1.165) is 13.0 Å². The van der Waals surface area contributed by atoms with Gasteiger partial charge in [-0.15, -0.1) is 0 Å². The quantitative estimate of drug-likeness (QED) is 0.288. The lowest BCUT2D eigenvalue weighted by molar-refractivity contribution is -0.140. The number of benzene rings is 1. The fourth-order valence-corrected chi connectivity index (χ4v) is 5.23. The minimum absolute atomic E-state index is 0.00680. The number of likely N-dealkylation sites (N-methyl/N-ethyl adjacent to an activating group) is 1. The van der Waals surface area contributed by atoms with E-state index >= 15 is 0 Å². The zero-order valence-corrected chi connectivity index (χ0v) is 18.6. The molecule has 0 aromatic heterocycles. The molecule has 1 aliphatic heterocycles. The van der Waals surface area contributed by atoms with Crippen molar-refractivity contribution in [3.8, 4) is 0 Å². The van der Waals surface area contributed by atoms with Crippen molar-refractivity contribution in [2.75, 3.05) is 40.3 Å². The first-order valence-electron chi connectivity index (χ1n) is 11.3.